The summed E-state index contributed by atoms with van der Waals surface area (Å²) >= 11 is 0. The van der Waals surface area contributed by atoms with Gasteiger partial charge < -0.3 is 8.83 Å². The van der Waals surface area contributed by atoms with Crippen molar-refractivity contribution < 1.29 is 17.6 Å². The standard InChI is InChI=1S/C22H12F2N4O2/c23-17-8-4-13(5-9-17)19-25-27-21(29-19)15-2-1-3-16(12-15)22-28-26-20(30-22)14-6-10-18(24)11-7-14/h1-12H. The zero-order valence-electron chi connectivity index (χ0n) is 15.3. The van der Waals surface area contributed by atoms with Gasteiger partial charge in [0.25, 0.3) is 0 Å². The molecule has 2 heterocycles. The van der Waals surface area contributed by atoms with Crippen LogP contribution in [0.1, 0.15) is 0 Å². The average Bonchev–Trinajstić information content (AvgIpc) is 3.45. The van der Waals surface area contributed by atoms with Crippen LogP contribution in [-0.4, -0.2) is 20.4 Å². The molecule has 0 radical (unpaired) electrons. The minimum absolute atomic E-state index is 0.284. The van der Waals surface area contributed by atoms with Crippen molar-refractivity contribution in [3.05, 3.63) is 84.4 Å². The van der Waals surface area contributed by atoms with Crippen LogP contribution >= 0.6 is 0 Å². The Bertz CT molecular complexity index is 1210. The Kier molecular flexibility index (Phi) is 4.36. The summed E-state index contributed by atoms with van der Waals surface area (Å²) < 4.78 is 37.7. The molecular weight excluding hydrogens is 390 g/mol. The lowest BCUT2D eigenvalue weighted by Gasteiger charge is -1.99. The number of hydrogen-bond donors (Lipinski definition) is 0. The predicted molar refractivity (Wildman–Crippen MR) is 104 cm³/mol. The van der Waals surface area contributed by atoms with E-state index in [1.807, 2.05) is 12.1 Å². The van der Waals surface area contributed by atoms with Crippen LogP contribution in [0.25, 0.3) is 45.8 Å². The fourth-order valence-corrected chi connectivity index (χ4v) is 2.88. The molecule has 0 atom stereocenters. The molecule has 3 aromatic carbocycles. The quantitative estimate of drug-likeness (QED) is 0.401. The van der Waals surface area contributed by atoms with Crippen molar-refractivity contribution in [2.24, 2.45) is 0 Å². The lowest BCUT2D eigenvalue weighted by atomic mass is 10.1. The van der Waals surface area contributed by atoms with Gasteiger partial charge in [0.2, 0.25) is 23.6 Å². The van der Waals surface area contributed by atoms with Crippen LogP contribution in [0.15, 0.2) is 81.6 Å². The molecule has 0 saturated heterocycles. The Morgan fingerprint density at radius 1 is 0.467 bits per heavy atom. The van der Waals surface area contributed by atoms with Crippen molar-refractivity contribution in [3.63, 3.8) is 0 Å². The summed E-state index contributed by atoms with van der Waals surface area (Å²) in [5.74, 6) is 0.485. The third-order valence-electron chi connectivity index (χ3n) is 4.39. The molecule has 0 N–H and O–H groups in total. The van der Waals surface area contributed by atoms with Gasteiger partial charge in [-0.1, -0.05) is 6.07 Å². The molecule has 0 bridgehead atoms. The second-order valence-electron chi connectivity index (χ2n) is 6.42. The summed E-state index contributed by atoms with van der Waals surface area (Å²) in [5.41, 5.74) is 2.56. The molecule has 30 heavy (non-hydrogen) atoms. The van der Waals surface area contributed by atoms with Gasteiger partial charge in [0.05, 0.1) is 0 Å². The monoisotopic (exact) mass is 402 g/mol. The van der Waals surface area contributed by atoms with E-state index in [9.17, 15) is 8.78 Å². The van der Waals surface area contributed by atoms with Crippen molar-refractivity contribution in [1.82, 2.24) is 20.4 Å². The SMILES string of the molecule is Fc1ccc(-c2nnc(-c3cccc(-c4nnc(-c5ccc(F)cc5)o4)c3)o2)cc1. The van der Waals surface area contributed by atoms with Gasteiger partial charge in [-0.05, 0) is 66.7 Å². The van der Waals surface area contributed by atoms with E-state index in [0.29, 0.717) is 34.0 Å². The van der Waals surface area contributed by atoms with Crippen LogP contribution in [0.2, 0.25) is 0 Å². The van der Waals surface area contributed by atoms with Crippen LogP contribution in [0.3, 0.4) is 0 Å². The molecule has 0 spiro atoms. The second-order valence-corrected chi connectivity index (χ2v) is 6.42. The molecule has 0 aliphatic heterocycles. The van der Waals surface area contributed by atoms with Gasteiger partial charge >= 0.3 is 0 Å². The van der Waals surface area contributed by atoms with Crippen LogP contribution in [0.4, 0.5) is 8.78 Å². The smallest absolute Gasteiger partial charge is 0.248 e. The number of halogens is 2. The number of rotatable bonds is 4. The summed E-state index contributed by atoms with van der Waals surface area (Å²) in [6, 6.07) is 18.8. The van der Waals surface area contributed by atoms with Gasteiger partial charge in [-0.15, -0.1) is 20.4 Å². The van der Waals surface area contributed by atoms with E-state index in [4.69, 9.17) is 8.83 Å². The van der Waals surface area contributed by atoms with Gasteiger partial charge in [0.1, 0.15) is 11.6 Å². The average molecular weight is 402 g/mol. The molecule has 8 heteroatoms. The lowest BCUT2D eigenvalue weighted by Crippen LogP contribution is -1.82. The van der Waals surface area contributed by atoms with Crippen molar-refractivity contribution in [3.8, 4) is 45.8 Å². The minimum Gasteiger partial charge on any atom is -0.416 e. The molecule has 6 nitrogen and oxygen atoms in total. The third-order valence-corrected chi connectivity index (χ3v) is 4.39. The number of aromatic nitrogens is 4. The van der Waals surface area contributed by atoms with Crippen LogP contribution in [-0.2, 0) is 0 Å². The summed E-state index contributed by atoms with van der Waals surface area (Å²) in [5, 5.41) is 16.2. The molecule has 5 rings (SSSR count). The zero-order chi connectivity index (χ0) is 20.5. The van der Waals surface area contributed by atoms with E-state index < -0.39 is 0 Å². The molecule has 0 saturated carbocycles. The van der Waals surface area contributed by atoms with E-state index in [2.05, 4.69) is 20.4 Å². The molecule has 0 amide bonds. The van der Waals surface area contributed by atoms with Gasteiger partial charge in [0.15, 0.2) is 0 Å². The zero-order valence-corrected chi connectivity index (χ0v) is 15.3. The number of benzene rings is 3. The maximum atomic E-state index is 13.1. The number of nitrogens with zero attached hydrogens (tertiary/aromatic N) is 4. The van der Waals surface area contributed by atoms with E-state index in [-0.39, 0.29) is 23.4 Å². The molecule has 5 aromatic rings. The lowest BCUT2D eigenvalue weighted by molar-refractivity contribution is 0.582. The van der Waals surface area contributed by atoms with Gasteiger partial charge in [-0.25, -0.2) is 8.78 Å². The topological polar surface area (TPSA) is 77.8 Å². The van der Waals surface area contributed by atoms with Crippen molar-refractivity contribution >= 4 is 0 Å². The summed E-state index contributed by atoms with van der Waals surface area (Å²) in [4.78, 5) is 0. The maximum Gasteiger partial charge on any atom is 0.248 e. The highest BCUT2D eigenvalue weighted by Crippen LogP contribution is 2.29. The van der Waals surface area contributed by atoms with Gasteiger partial charge in [0, 0.05) is 22.3 Å². The van der Waals surface area contributed by atoms with E-state index in [1.165, 1.54) is 24.3 Å². The summed E-state index contributed by atoms with van der Waals surface area (Å²) in [6.45, 7) is 0. The highest BCUT2D eigenvalue weighted by Gasteiger charge is 2.14. The fraction of sp³-hybridized carbons (Fsp3) is 0. The fourth-order valence-electron chi connectivity index (χ4n) is 2.88. The Hall–Kier alpha value is -4.20. The van der Waals surface area contributed by atoms with E-state index in [0.717, 1.165) is 0 Å². The second kappa shape index (κ2) is 7.32. The predicted octanol–water partition coefficient (Wildman–Crippen LogP) is 5.40. The Balaban J connectivity index is 1.44. The minimum atomic E-state index is -0.342. The summed E-state index contributed by atoms with van der Waals surface area (Å²) in [6.07, 6.45) is 0. The molecular formula is C22H12F2N4O2. The van der Waals surface area contributed by atoms with Crippen molar-refractivity contribution in [2.75, 3.05) is 0 Å². The first-order valence-corrected chi connectivity index (χ1v) is 8.95. The number of hydrogen-bond acceptors (Lipinski definition) is 6. The Labute approximate surface area is 168 Å². The van der Waals surface area contributed by atoms with Crippen LogP contribution < -0.4 is 0 Å². The molecule has 0 aliphatic carbocycles. The normalized spacial score (nSPS) is 11.0. The molecule has 146 valence electrons. The third kappa shape index (κ3) is 3.46. The first-order chi connectivity index (χ1) is 14.7. The van der Waals surface area contributed by atoms with Gasteiger partial charge in [-0.3, -0.25) is 0 Å². The first kappa shape index (κ1) is 17.9. The van der Waals surface area contributed by atoms with Crippen molar-refractivity contribution in [2.45, 2.75) is 0 Å². The maximum absolute atomic E-state index is 13.1. The molecule has 0 fully saturated rings. The highest BCUT2D eigenvalue weighted by molar-refractivity contribution is 5.66. The Morgan fingerprint density at radius 3 is 1.23 bits per heavy atom. The van der Waals surface area contributed by atoms with Crippen LogP contribution in [0.5, 0.6) is 0 Å². The van der Waals surface area contributed by atoms with Gasteiger partial charge in [-0.2, -0.15) is 0 Å². The molecule has 2 aromatic heterocycles. The van der Waals surface area contributed by atoms with E-state index >= 15 is 0 Å². The molecule has 0 aliphatic rings. The van der Waals surface area contributed by atoms with Crippen LogP contribution in [0, 0.1) is 11.6 Å². The largest absolute Gasteiger partial charge is 0.416 e. The first-order valence-electron chi connectivity index (χ1n) is 8.95. The highest BCUT2D eigenvalue weighted by atomic mass is 19.1. The van der Waals surface area contributed by atoms with E-state index in [1.54, 1.807) is 36.4 Å². The molecule has 0 unspecified atom stereocenters. The summed E-state index contributed by atoms with van der Waals surface area (Å²) in [7, 11) is 0. The van der Waals surface area contributed by atoms with Crippen molar-refractivity contribution in [1.29, 1.82) is 0 Å². The Morgan fingerprint density at radius 2 is 0.833 bits per heavy atom.